The Morgan fingerprint density at radius 1 is 0.900 bits per heavy atom. The first-order chi connectivity index (χ1) is 9.58. The summed E-state index contributed by atoms with van der Waals surface area (Å²) in [6, 6.07) is 12.5. The van der Waals surface area contributed by atoms with E-state index in [9.17, 15) is 0 Å². The Morgan fingerprint density at radius 2 is 1.70 bits per heavy atom. The van der Waals surface area contributed by atoms with Crippen LogP contribution in [0.25, 0.3) is 0 Å². The molecule has 0 unspecified atom stereocenters. The topological polar surface area (TPSA) is 21.3 Å². The summed E-state index contributed by atoms with van der Waals surface area (Å²) >= 11 is 0. The fraction of sp³-hybridized carbons (Fsp3) is 0.333. The highest BCUT2D eigenvalue weighted by Gasteiger charge is 2.00. The van der Waals surface area contributed by atoms with Gasteiger partial charge in [-0.25, -0.2) is 0 Å². The van der Waals surface area contributed by atoms with Gasteiger partial charge in [0.2, 0.25) is 0 Å². The fourth-order valence-electron chi connectivity index (χ4n) is 2.10. The van der Waals surface area contributed by atoms with Crippen molar-refractivity contribution in [3.63, 3.8) is 0 Å². The summed E-state index contributed by atoms with van der Waals surface area (Å²) in [5.74, 6) is 0.941. The van der Waals surface area contributed by atoms with E-state index in [0.717, 1.165) is 12.3 Å². The number of nitrogens with one attached hydrogen (secondary N) is 1. The molecule has 0 heterocycles. The van der Waals surface area contributed by atoms with Crippen LogP contribution in [0.1, 0.15) is 22.3 Å². The molecule has 0 aliphatic rings. The van der Waals surface area contributed by atoms with Crippen molar-refractivity contribution < 1.29 is 4.74 Å². The Hall–Kier alpha value is -1.96. The monoisotopic (exact) mass is 269 g/mol. The standard InChI is InChI=1S/C18H23NO/c1-13-8-9-17(12-15(13)3)20-11-10-19-18-7-5-6-14(2)16(18)4/h5-9,12,19H,10-11H2,1-4H3. The molecule has 0 aliphatic heterocycles. The lowest BCUT2D eigenvalue weighted by atomic mass is 10.1. The molecule has 0 saturated heterocycles. The van der Waals surface area contributed by atoms with Crippen molar-refractivity contribution in [2.24, 2.45) is 0 Å². The second kappa shape index (κ2) is 6.47. The Morgan fingerprint density at radius 3 is 2.45 bits per heavy atom. The molecule has 0 amide bonds. The van der Waals surface area contributed by atoms with Gasteiger partial charge in [0.15, 0.2) is 0 Å². The van der Waals surface area contributed by atoms with E-state index in [1.54, 1.807) is 0 Å². The quantitative estimate of drug-likeness (QED) is 0.812. The average Bonchev–Trinajstić information content (AvgIpc) is 2.43. The number of rotatable bonds is 5. The second-order valence-electron chi connectivity index (χ2n) is 5.27. The van der Waals surface area contributed by atoms with Crippen LogP contribution in [0.4, 0.5) is 5.69 Å². The average molecular weight is 269 g/mol. The molecule has 0 radical (unpaired) electrons. The minimum atomic E-state index is 0.663. The van der Waals surface area contributed by atoms with Gasteiger partial charge in [-0.05, 0) is 68.1 Å². The summed E-state index contributed by atoms with van der Waals surface area (Å²) in [6.45, 7) is 9.96. The molecule has 0 aromatic heterocycles. The zero-order valence-corrected chi connectivity index (χ0v) is 12.8. The van der Waals surface area contributed by atoms with Crippen LogP contribution in [0.15, 0.2) is 36.4 Å². The zero-order valence-electron chi connectivity index (χ0n) is 12.8. The lowest BCUT2D eigenvalue weighted by Gasteiger charge is -2.12. The molecule has 0 aliphatic carbocycles. The van der Waals surface area contributed by atoms with E-state index in [0.29, 0.717) is 6.61 Å². The predicted molar refractivity (Wildman–Crippen MR) is 85.8 cm³/mol. The molecule has 2 nitrogen and oxygen atoms in total. The first-order valence-electron chi connectivity index (χ1n) is 7.08. The number of hydrogen-bond acceptors (Lipinski definition) is 2. The van der Waals surface area contributed by atoms with Crippen LogP contribution in [-0.4, -0.2) is 13.2 Å². The molecule has 1 N–H and O–H groups in total. The first kappa shape index (κ1) is 14.4. The maximum Gasteiger partial charge on any atom is 0.119 e. The second-order valence-corrected chi connectivity index (χ2v) is 5.27. The summed E-state index contributed by atoms with van der Waals surface area (Å²) < 4.78 is 5.77. The van der Waals surface area contributed by atoms with Crippen LogP contribution in [0.5, 0.6) is 5.75 Å². The van der Waals surface area contributed by atoms with Crippen molar-refractivity contribution in [2.45, 2.75) is 27.7 Å². The number of benzene rings is 2. The van der Waals surface area contributed by atoms with E-state index in [1.807, 2.05) is 6.07 Å². The van der Waals surface area contributed by atoms with Crippen LogP contribution < -0.4 is 10.1 Å². The minimum absolute atomic E-state index is 0.663. The maximum atomic E-state index is 5.77. The van der Waals surface area contributed by atoms with E-state index < -0.39 is 0 Å². The number of aryl methyl sites for hydroxylation is 3. The van der Waals surface area contributed by atoms with Gasteiger partial charge in [0, 0.05) is 12.2 Å². The van der Waals surface area contributed by atoms with Crippen LogP contribution in [-0.2, 0) is 0 Å². The normalized spacial score (nSPS) is 10.4. The van der Waals surface area contributed by atoms with Gasteiger partial charge in [-0.3, -0.25) is 0 Å². The van der Waals surface area contributed by atoms with E-state index in [1.165, 1.54) is 27.9 Å². The van der Waals surface area contributed by atoms with Gasteiger partial charge in [0.25, 0.3) is 0 Å². The molecule has 20 heavy (non-hydrogen) atoms. The van der Waals surface area contributed by atoms with Crippen molar-refractivity contribution in [3.8, 4) is 5.75 Å². The molecule has 0 fully saturated rings. The van der Waals surface area contributed by atoms with Crippen LogP contribution in [0, 0.1) is 27.7 Å². The highest BCUT2D eigenvalue weighted by molar-refractivity contribution is 5.53. The molecule has 2 rings (SSSR count). The Labute approximate surface area is 121 Å². The molecule has 0 bridgehead atoms. The highest BCUT2D eigenvalue weighted by atomic mass is 16.5. The van der Waals surface area contributed by atoms with Gasteiger partial charge < -0.3 is 10.1 Å². The fourth-order valence-corrected chi connectivity index (χ4v) is 2.10. The first-order valence-corrected chi connectivity index (χ1v) is 7.08. The van der Waals surface area contributed by atoms with Crippen LogP contribution in [0.2, 0.25) is 0 Å². The van der Waals surface area contributed by atoms with Crippen molar-refractivity contribution in [2.75, 3.05) is 18.5 Å². The lowest BCUT2D eigenvalue weighted by Crippen LogP contribution is -2.12. The minimum Gasteiger partial charge on any atom is -0.492 e. The molecule has 0 atom stereocenters. The van der Waals surface area contributed by atoms with Crippen LogP contribution >= 0.6 is 0 Å². The SMILES string of the molecule is Cc1ccc(OCCNc2cccc(C)c2C)cc1C. The van der Waals surface area contributed by atoms with E-state index in [2.05, 4.69) is 63.3 Å². The molecule has 2 heteroatoms. The number of ether oxygens (including phenoxy) is 1. The summed E-state index contributed by atoms with van der Waals surface area (Å²) in [5.41, 5.74) is 6.37. The lowest BCUT2D eigenvalue weighted by molar-refractivity contribution is 0.332. The third-order valence-corrected chi connectivity index (χ3v) is 3.77. The highest BCUT2D eigenvalue weighted by Crippen LogP contribution is 2.18. The smallest absolute Gasteiger partial charge is 0.119 e. The summed E-state index contributed by atoms with van der Waals surface area (Å²) in [6.07, 6.45) is 0. The number of anilines is 1. The van der Waals surface area contributed by atoms with Crippen molar-refractivity contribution in [1.29, 1.82) is 0 Å². The third-order valence-electron chi connectivity index (χ3n) is 3.77. The van der Waals surface area contributed by atoms with Crippen molar-refractivity contribution in [3.05, 3.63) is 58.7 Å². The van der Waals surface area contributed by atoms with Gasteiger partial charge in [-0.1, -0.05) is 18.2 Å². The van der Waals surface area contributed by atoms with Gasteiger partial charge in [0.1, 0.15) is 12.4 Å². The van der Waals surface area contributed by atoms with Gasteiger partial charge >= 0.3 is 0 Å². The van der Waals surface area contributed by atoms with E-state index in [4.69, 9.17) is 4.74 Å². The number of hydrogen-bond donors (Lipinski definition) is 1. The van der Waals surface area contributed by atoms with E-state index in [-0.39, 0.29) is 0 Å². The molecule has 0 spiro atoms. The summed E-state index contributed by atoms with van der Waals surface area (Å²) in [7, 11) is 0. The van der Waals surface area contributed by atoms with Gasteiger partial charge in [-0.15, -0.1) is 0 Å². The molecule has 2 aromatic rings. The maximum absolute atomic E-state index is 5.77. The third kappa shape index (κ3) is 3.53. The summed E-state index contributed by atoms with van der Waals surface area (Å²) in [4.78, 5) is 0. The Balaban J connectivity index is 1.84. The Kier molecular flexibility index (Phi) is 4.67. The van der Waals surface area contributed by atoms with Crippen LogP contribution in [0.3, 0.4) is 0 Å². The molecular formula is C18H23NO. The van der Waals surface area contributed by atoms with Gasteiger partial charge in [-0.2, -0.15) is 0 Å². The Bertz CT molecular complexity index is 590. The van der Waals surface area contributed by atoms with Crippen molar-refractivity contribution in [1.82, 2.24) is 0 Å². The van der Waals surface area contributed by atoms with Gasteiger partial charge in [0.05, 0.1) is 0 Å². The predicted octanol–water partition coefficient (Wildman–Crippen LogP) is 4.41. The largest absolute Gasteiger partial charge is 0.492 e. The molecule has 106 valence electrons. The molecule has 0 saturated carbocycles. The van der Waals surface area contributed by atoms with Crippen molar-refractivity contribution >= 4 is 5.69 Å². The van der Waals surface area contributed by atoms with E-state index >= 15 is 0 Å². The summed E-state index contributed by atoms with van der Waals surface area (Å²) in [5, 5.41) is 3.43. The zero-order chi connectivity index (χ0) is 14.5. The molecular weight excluding hydrogens is 246 g/mol. The molecule has 2 aromatic carbocycles.